The largest absolute Gasteiger partial charge is 0.493 e. The van der Waals surface area contributed by atoms with Crippen molar-refractivity contribution in [2.75, 3.05) is 47.1 Å². The maximum Gasteiger partial charge on any atom is 0.243 e. The Morgan fingerprint density at radius 1 is 1.03 bits per heavy atom. The number of likely N-dealkylation sites (N-methyl/N-ethyl adjacent to an activating group) is 2. The number of rotatable bonds is 10. The van der Waals surface area contributed by atoms with Gasteiger partial charge >= 0.3 is 0 Å². The molecule has 0 radical (unpaired) electrons. The lowest BCUT2D eigenvalue weighted by atomic mass is 10.2. The highest BCUT2D eigenvalue weighted by Gasteiger charge is 2.27. The van der Waals surface area contributed by atoms with Crippen molar-refractivity contribution in [3.05, 3.63) is 42.0 Å². The lowest BCUT2D eigenvalue weighted by Gasteiger charge is -2.25. The first kappa shape index (κ1) is 25.6. The minimum absolute atomic E-state index is 0.0475. The summed E-state index contributed by atoms with van der Waals surface area (Å²) < 4.78 is 49.4. The second-order valence-electron chi connectivity index (χ2n) is 7.75. The molecule has 186 valence electrons. The number of carbonyl (C=O) groups is 1. The minimum Gasteiger partial charge on any atom is -0.493 e. The number of sulfonamides is 1. The molecule has 0 fully saturated rings. The second-order valence-corrected chi connectivity index (χ2v) is 9.79. The standard InChI is InChI=1S/C24H32N2O7S/c1-5-26(16-18-8-10-20(31-6-2)22(14-18)30-4)24(27)17-25(3)34(28,29)19-9-11-21-23(15-19)33-13-7-12-32-21/h8-11,14-15H,5-7,12-13,16-17H2,1-4H3. The fourth-order valence-electron chi connectivity index (χ4n) is 3.54. The Labute approximate surface area is 201 Å². The molecule has 0 saturated carbocycles. The first-order chi connectivity index (χ1) is 16.3. The summed E-state index contributed by atoms with van der Waals surface area (Å²) >= 11 is 0. The minimum atomic E-state index is -3.90. The van der Waals surface area contributed by atoms with E-state index in [4.69, 9.17) is 18.9 Å². The van der Waals surface area contributed by atoms with Crippen molar-refractivity contribution in [1.29, 1.82) is 0 Å². The molecule has 2 aromatic rings. The third kappa shape index (κ3) is 5.92. The van der Waals surface area contributed by atoms with Crippen LogP contribution in [-0.2, 0) is 21.4 Å². The van der Waals surface area contributed by atoms with Crippen LogP contribution in [0.4, 0.5) is 0 Å². The van der Waals surface area contributed by atoms with Gasteiger partial charge in [0.05, 0.1) is 38.4 Å². The Morgan fingerprint density at radius 2 is 1.76 bits per heavy atom. The molecule has 0 bridgehead atoms. The van der Waals surface area contributed by atoms with E-state index in [1.165, 1.54) is 19.2 Å². The summed E-state index contributed by atoms with van der Waals surface area (Å²) in [5.41, 5.74) is 0.851. The van der Waals surface area contributed by atoms with Crippen molar-refractivity contribution in [1.82, 2.24) is 9.21 Å². The van der Waals surface area contributed by atoms with Gasteiger partial charge in [-0.05, 0) is 43.7 Å². The molecule has 0 N–H and O–H groups in total. The molecule has 1 heterocycles. The number of amides is 1. The van der Waals surface area contributed by atoms with Gasteiger partial charge in [-0.1, -0.05) is 6.07 Å². The van der Waals surface area contributed by atoms with Crippen LogP contribution in [0.5, 0.6) is 23.0 Å². The Morgan fingerprint density at radius 3 is 2.44 bits per heavy atom. The van der Waals surface area contributed by atoms with Crippen molar-refractivity contribution in [2.45, 2.75) is 31.7 Å². The summed E-state index contributed by atoms with van der Waals surface area (Å²) in [6, 6.07) is 9.98. The van der Waals surface area contributed by atoms with Gasteiger partial charge in [-0.25, -0.2) is 8.42 Å². The van der Waals surface area contributed by atoms with Gasteiger partial charge in [-0.15, -0.1) is 0 Å². The van der Waals surface area contributed by atoms with Crippen molar-refractivity contribution in [2.24, 2.45) is 0 Å². The van der Waals surface area contributed by atoms with Gasteiger partial charge in [0.15, 0.2) is 23.0 Å². The third-order valence-electron chi connectivity index (χ3n) is 5.42. The van der Waals surface area contributed by atoms with Crippen LogP contribution in [0.15, 0.2) is 41.3 Å². The van der Waals surface area contributed by atoms with Gasteiger partial charge in [-0.3, -0.25) is 4.79 Å². The zero-order valence-corrected chi connectivity index (χ0v) is 20.9. The summed E-state index contributed by atoms with van der Waals surface area (Å²) in [5.74, 6) is 1.80. The molecule has 1 amide bonds. The molecule has 1 aliphatic rings. The molecule has 0 aromatic heterocycles. The zero-order valence-electron chi connectivity index (χ0n) is 20.1. The molecule has 34 heavy (non-hydrogen) atoms. The lowest BCUT2D eigenvalue weighted by Crippen LogP contribution is -2.40. The molecular weight excluding hydrogens is 460 g/mol. The van der Waals surface area contributed by atoms with Crippen LogP contribution in [0.3, 0.4) is 0 Å². The van der Waals surface area contributed by atoms with Crippen LogP contribution in [-0.4, -0.2) is 70.6 Å². The van der Waals surface area contributed by atoms with Gasteiger partial charge in [0, 0.05) is 32.6 Å². The molecule has 0 unspecified atom stereocenters. The number of benzene rings is 2. The predicted octanol–water partition coefficient (Wildman–Crippen LogP) is 2.92. The average molecular weight is 493 g/mol. The van der Waals surface area contributed by atoms with E-state index in [1.54, 1.807) is 24.1 Å². The normalized spacial score (nSPS) is 13.3. The van der Waals surface area contributed by atoms with Crippen LogP contribution in [0.1, 0.15) is 25.8 Å². The first-order valence-corrected chi connectivity index (χ1v) is 12.7. The van der Waals surface area contributed by atoms with Crippen LogP contribution >= 0.6 is 0 Å². The third-order valence-corrected chi connectivity index (χ3v) is 7.22. The van der Waals surface area contributed by atoms with E-state index >= 15 is 0 Å². The lowest BCUT2D eigenvalue weighted by molar-refractivity contribution is -0.131. The molecular formula is C24H32N2O7S. The van der Waals surface area contributed by atoms with Crippen LogP contribution in [0, 0.1) is 0 Å². The Balaban J connectivity index is 1.71. The van der Waals surface area contributed by atoms with E-state index in [0.29, 0.717) is 55.9 Å². The maximum atomic E-state index is 13.1. The highest BCUT2D eigenvalue weighted by Crippen LogP contribution is 2.33. The van der Waals surface area contributed by atoms with Crippen LogP contribution in [0.2, 0.25) is 0 Å². The second kappa shape index (κ2) is 11.4. The number of hydrogen-bond donors (Lipinski definition) is 0. The van der Waals surface area contributed by atoms with E-state index < -0.39 is 10.0 Å². The molecule has 0 atom stereocenters. The Bertz CT molecular complexity index is 1100. The van der Waals surface area contributed by atoms with E-state index in [1.807, 2.05) is 26.0 Å². The topological polar surface area (TPSA) is 94.6 Å². The van der Waals surface area contributed by atoms with Crippen molar-refractivity contribution >= 4 is 15.9 Å². The van der Waals surface area contributed by atoms with E-state index in [9.17, 15) is 13.2 Å². The zero-order chi connectivity index (χ0) is 24.7. The van der Waals surface area contributed by atoms with E-state index in [0.717, 1.165) is 16.3 Å². The van der Waals surface area contributed by atoms with Gasteiger partial charge in [-0.2, -0.15) is 4.31 Å². The molecule has 3 rings (SSSR count). The smallest absolute Gasteiger partial charge is 0.243 e. The molecule has 2 aromatic carbocycles. The summed E-state index contributed by atoms with van der Waals surface area (Å²) in [4.78, 5) is 14.6. The summed E-state index contributed by atoms with van der Waals surface area (Å²) in [6.07, 6.45) is 0.720. The number of ether oxygens (including phenoxy) is 4. The number of methoxy groups -OCH3 is 1. The molecule has 9 nitrogen and oxygen atoms in total. The predicted molar refractivity (Wildman–Crippen MR) is 127 cm³/mol. The van der Waals surface area contributed by atoms with E-state index in [-0.39, 0.29) is 17.3 Å². The van der Waals surface area contributed by atoms with Crippen molar-refractivity contribution in [3.63, 3.8) is 0 Å². The number of hydrogen-bond acceptors (Lipinski definition) is 7. The van der Waals surface area contributed by atoms with Crippen molar-refractivity contribution in [3.8, 4) is 23.0 Å². The SMILES string of the molecule is CCOc1ccc(CN(CC)C(=O)CN(C)S(=O)(=O)c2ccc3c(c2)OCCCO3)cc1OC. The highest BCUT2D eigenvalue weighted by atomic mass is 32.2. The van der Waals surface area contributed by atoms with Gasteiger partial charge in [0.25, 0.3) is 0 Å². The monoisotopic (exact) mass is 492 g/mol. The van der Waals surface area contributed by atoms with Gasteiger partial charge in [0.1, 0.15) is 0 Å². The molecule has 0 aliphatic carbocycles. The van der Waals surface area contributed by atoms with Crippen LogP contribution < -0.4 is 18.9 Å². The fourth-order valence-corrected chi connectivity index (χ4v) is 4.68. The van der Waals surface area contributed by atoms with Crippen LogP contribution in [0.25, 0.3) is 0 Å². The van der Waals surface area contributed by atoms with E-state index in [2.05, 4.69) is 0 Å². The number of carbonyl (C=O) groups excluding carboxylic acids is 1. The summed E-state index contributed by atoms with van der Waals surface area (Å²) in [7, 11) is -0.951. The summed E-state index contributed by atoms with van der Waals surface area (Å²) in [5, 5.41) is 0. The van der Waals surface area contributed by atoms with Gasteiger partial charge < -0.3 is 23.8 Å². The highest BCUT2D eigenvalue weighted by molar-refractivity contribution is 7.89. The molecule has 0 saturated heterocycles. The fraction of sp³-hybridized carbons (Fsp3) is 0.458. The summed E-state index contributed by atoms with van der Waals surface area (Å²) in [6.45, 7) is 5.66. The molecule has 0 spiro atoms. The van der Waals surface area contributed by atoms with Gasteiger partial charge in [0.2, 0.25) is 15.9 Å². The first-order valence-electron chi connectivity index (χ1n) is 11.2. The quantitative estimate of drug-likeness (QED) is 0.503. The maximum absolute atomic E-state index is 13.1. The average Bonchev–Trinajstić information content (AvgIpc) is 3.08. The molecule has 1 aliphatic heterocycles. The Kier molecular flexibility index (Phi) is 8.62. The number of nitrogens with zero attached hydrogens (tertiary/aromatic N) is 2. The number of fused-ring (bicyclic) bond motifs is 1. The Hall–Kier alpha value is -2.98. The van der Waals surface area contributed by atoms with Crippen molar-refractivity contribution < 1.29 is 32.2 Å². The molecule has 10 heteroatoms.